The van der Waals surface area contributed by atoms with Crippen LogP contribution in [0.25, 0.3) is 0 Å². The zero-order valence-electron chi connectivity index (χ0n) is 11.2. The lowest BCUT2D eigenvalue weighted by atomic mass is 10.1. The van der Waals surface area contributed by atoms with Gasteiger partial charge >= 0.3 is 0 Å². The Kier molecular flexibility index (Phi) is 4.65. The molecule has 0 fully saturated rings. The summed E-state index contributed by atoms with van der Waals surface area (Å²) >= 11 is 6.26. The molecule has 0 aromatic heterocycles. The van der Waals surface area contributed by atoms with E-state index in [0.717, 1.165) is 5.56 Å². The molecule has 110 valence electrons. The number of hydrogen-bond acceptors (Lipinski definition) is 3. The van der Waals surface area contributed by atoms with Crippen LogP contribution in [-0.4, -0.2) is 19.9 Å². The van der Waals surface area contributed by atoms with E-state index in [-0.39, 0.29) is 20.9 Å². The second kappa shape index (κ2) is 5.98. The average molecular weight is 433 g/mol. The number of benzene rings is 1. The number of allylic oxidation sites excluding steroid dienone is 4. The van der Waals surface area contributed by atoms with E-state index in [9.17, 15) is 13.2 Å². The minimum atomic E-state index is -3.82. The predicted molar refractivity (Wildman–Crippen MR) is 89.4 cm³/mol. The molecule has 1 aliphatic rings. The first-order valence-corrected chi connectivity index (χ1v) is 8.95. The first kappa shape index (κ1) is 16.3. The molecule has 7 heteroatoms. The van der Waals surface area contributed by atoms with Crippen molar-refractivity contribution in [1.29, 1.82) is 0 Å². The summed E-state index contributed by atoms with van der Waals surface area (Å²) in [6.07, 6.45) is 1.41. The van der Waals surface area contributed by atoms with Crippen LogP contribution in [0.4, 0.5) is 0 Å². The van der Waals surface area contributed by atoms with Crippen LogP contribution in [0.5, 0.6) is 0 Å². The highest BCUT2D eigenvalue weighted by Crippen LogP contribution is 2.28. The highest BCUT2D eigenvalue weighted by molar-refractivity contribution is 9.13. The summed E-state index contributed by atoms with van der Waals surface area (Å²) < 4.78 is 29.0. The van der Waals surface area contributed by atoms with Gasteiger partial charge in [0.15, 0.2) is 0 Å². The Morgan fingerprint density at radius 2 is 1.62 bits per heavy atom. The second-order valence-electron chi connectivity index (χ2n) is 4.53. The van der Waals surface area contributed by atoms with Crippen LogP contribution in [0, 0.1) is 6.92 Å². The fourth-order valence-corrected chi connectivity index (χ4v) is 3.80. The van der Waals surface area contributed by atoms with Crippen molar-refractivity contribution < 1.29 is 13.2 Å². The van der Waals surface area contributed by atoms with Crippen molar-refractivity contribution in [2.24, 2.45) is 4.40 Å². The molecule has 0 saturated carbocycles. The van der Waals surface area contributed by atoms with Crippen LogP contribution in [0.1, 0.15) is 12.5 Å². The Morgan fingerprint density at radius 1 is 1.05 bits per heavy atom. The molecule has 0 amide bonds. The quantitative estimate of drug-likeness (QED) is 0.670. The van der Waals surface area contributed by atoms with E-state index in [1.807, 2.05) is 6.92 Å². The molecule has 2 rings (SSSR count). The van der Waals surface area contributed by atoms with E-state index < -0.39 is 10.0 Å². The van der Waals surface area contributed by atoms with Gasteiger partial charge in [-0.15, -0.1) is 0 Å². The maximum absolute atomic E-state index is 12.3. The predicted octanol–water partition coefficient (Wildman–Crippen LogP) is 3.66. The molecule has 0 heterocycles. The lowest BCUT2D eigenvalue weighted by molar-refractivity contribution is -0.110. The maximum atomic E-state index is 12.3. The lowest BCUT2D eigenvalue weighted by Gasteiger charge is -2.12. The van der Waals surface area contributed by atoms with Crippen LogP contribution in [-0.2, 0) is 14.8 Å². The van der Waals surface area contributed by atoms with Crippen molar-refractivity contribution in [3.8, 4) is 0 Å². The summed E-state index contributed by atoms with van der Waals surface area (Å²) in [4.78, 5) is 11.8. The third kappa shape index (κ3) is 3.41. The van der Waals surface area contributed by atoms with Gasteiger partial charge in [0.2, 0.25) is 5.78 Å². The van der Waals surface area contributed by atoms with Crippen molar-refractivity contribution in [1.82, 2.24) is 0 Å². The third-order valence-electron chi connectivity index (χ3n) is 2.93. The number of nitrogens with zero attached hydrogens (tertiary/aromatic N) is 1. The van der Waals surface area contributed by atoms with Crippen molar-refractivity contribution in [3.05, 3.63) is 50.4 Å². The fraction of sp³-hybridized carbons (Fsp3) is 0.143. The summed E-state index contributed by atoms with van der Waals surface area (Å²) in [5, 5.41) is 0. The lowest BCUT2D eigenvalue weighted by Crippen LogP contribution is -2.14. The van der Waals surface area contributed by atoms with E-state index in [2.05, 4.69) is 36.3 Å². The summed E-state index contributed by atoms with van der Waals surface area (Å²) in [7, 11) is -3.82. The molecule has 0 atom stereocenters. The van der Waals surface area contributed by atoms with E-state index in [1.54, 1.807) is 19.1 Å². The van der Waals surface area contributed by atoms with E-state index >= 15 is 0 Å². The number of Topliss-reactive ketones (excluding diaryl/α,β-unsaturated/α-hetero) is 1. The van der Waals surface area contributed by atoms with Gasteiger partial charge in [-0.1, -0.05) is 17.7 Å². The second-order valence-corrected chi connectivity index (χ2v) is 7.78. The minimum absolute atomic E-state index is 0.117. The molecule has 0 saturated heterocycles. The average Bonchev–Trinajstić information content (AvgIpc) is 2.42. The molecule has 0 aliphatic heterocycles. The van der Waals surface area contributed by atoms with E-state index in [1.165, 1.54) is 18.2 Å². The Hall–Kier alpha value is -1.05. The van der Waals surface area contributed by atoms with E-state index in [0.29, 0.717) is 10.1 Å². The Morgan fingerprint density at radius 3 is 2.19 bits per heavy atom. The molecular formula is C14H11Br2NO3S. The van der Waals surface area contributed by atoms with Gasteiger partial charge in [-0.3, -0.25) is 4.79 Å². The largest absolute Gasteiger partial charge is 0.287 e. The van der Waals surface area contributed by atoms with Gasteiger partial charge in [0.25, 0.3) is 10.0 Å². The van der Waals surface area contributed by atoms with E-state index in [4.69, 9.17) is 0 Å². The zero-order chi connectivity index (χ0) is 15.8. The van der Waals surface area contributed by atoms with Gasteiger partial charge in [0.1, 0.15) is 0 Å². The summed E-state index contributed by atoms with van der Waals surface area (Å²) in [6.45, 7) is 3.51. The number of sulfonamides is 1. The highest BCUT2D eigenvalue weighted by atomic mass is 79.9. The van der Waals surface area contributed by atoms with Crippen LogP contribution >= 0.6 is 31.9 Å². The van der Waals surface area contributed by atoms with Crippen molar-refractivity contribution in [2.45, 2.75) is 18.7 Å². The van der Waals surface area contributed by atoms with Crippen molar-refractivity contribution in [2.75, 3.05) is 0 Å². The molecular weight excluding hydrogens is 422 g/mol. The maximum Gasteiger partial charge on any atom is 0.282 e. The summed E-state index contributed by atoms with van der Waals surface area (Å²) in [5.74, 6) is -0.237. The molecule has 0 bridgehead atoms. The molecule has 0 spiro atoms. The SMILES string of the molecule is CC1=C(Br)C(=O)C(Br)=CC1=NS(=O)(=O)c1ccc(C)cc1. The third-order valence-corrected chi connectivity index (χ3v) is 5.78. The smallest absolute Gasteiger partial charge is 0.282 e. The molecule has 4 nitrogen and oxygen atoms in total. The first-order valence-electron chi connectivity index (χ1n) is 5.92. The number of halogens is 2. The van der Waals surface area contributed by atoms with Gasteiger partial charge < -0.3 is 0 Å². The Balaban J connectivity index is 2.52. The summed E-state index contributed by atoms with van der Waals surface area (Å²) in [6, 6.07) is 6.44. The molecule has 0 N–H and O–H groups in total. The van der Waals surface area contributed by atoms with Crippen LogP contribution in [0.3, 0.4) is 0 Å². The Bertz CT molecular complexity index is 803. The van der Waals surface area contributed by atoms with Gasteiger partial charge in [0.05, 0.1) is 19.6 Å². The number of carbonyl (C=O) groups excluding carboxylic acids is 1. The molecule has 21 heavy (non-hydrogen) atoms. The van der Waals surface area contributed by atoms with Crippen molar-refractivity contribution in [3.63, 3.8) is 0 Å². The van der Waals surface area contributed by atoms with Crippen LogP contribution in [0.15, 0.2) is 54.2 Å². The van der Waals surface area contributed by atoms with Crippen LogP contribution in [0.2, 0.25) is 0 Å². The van der Waals surface area contributed by atoms with Gasteiger partial charge in [-0.25, -0.2) is 0 Å². The monoisotopic (exact) mass is 431 g/mol. The number of ketones is 1. The number of aryl methyl sites for hydroxylation is 1. The number of rotatable bonds is 2. The first-order chi connectivity index (χ1) is 9.72. The minimum Gasteiger partial charge on any atom is -0.287 e. The normalized spacial score (nSPS) is 18.2. The number of carbonyl (C=O) groups is 1. The standard InChI is InChI=1S/C14H11Br2NO3S/c1-8-3-5-10(6-4-8)21(19,20)17-12-7-11(15)14(18)13(16)9(12)2/h3-7H,1-2H3. The fourth-order valence-electron chi connectivity index (χ4n) is 1.67. The molecule has 0 unspecified atom stereocenters. The summed E-state index contributed by atoms with van der Waals surface area (Å²) in [5.41, 5.74) is 1.68. The van der Waals surface area contributed by atoms with Crippen molar-refractivity contribution >= 4 is 53.4 Å². The van der Waals surface area contributed by atoms with Crippen LogP contribution < -0.4 is 0 Å². The molecule has 1 aliphatic carbocycles. The van der Waals surface area contributed by atoms with Gasteiger partial charge in [-0.05, 0) is 69.5 Å². The number of hydrogen-bond donors (Lipinski definition) is 0. The molecule has 0 radical (unpaired) electrons. The Labute approximate surface area is 140 Å². The zero-order valence-corrected chi connectivity index (χ0v) is 15.2. The van der Waals surface area contributed by atoms with Gasteiger partial charge in [0, 0.05) is 0 Å². The molecule has 1 aromatic carbocycles. The molecule has 1 aromatic rings. The topological polar surface area (TPSA) is 63.6 Å². The van der Waals surface area contributed by atoms with Gasteiger partial charge in [-0.2, -0.15) is 12.8 Å². The highest BCUT2D eigenvalue weighted by Gasteiger charge is 2.23.